The minimum absolute atomic E-state index is 0.152. The molecule has 124 valence electrons. The molecule has 0 spiro atoms. The third kappa shape index (κ3) is 3.53. The van der Waals surface area contributed by atoms with Crippen LogP contribution in [0.2, 0.25) is 0 Å². The van der Waals surface area contributed by atoms with Crippen LogP contribution < -0.4 is 5.56 Å². The van der Waals surface area contributed by atoms with E-state index in [9.17, 15) is 18.0 Å². The molecule has 1 aromatic carbocycles. The van der Waals surface area contributed by atoms with E-state index in [2.05, 4.69) is 14.6 Å². The Morgan fingerprint density at radius 2 is 1.83 bits per heavy atom. The first kappa shape index (κ1) is 16.0. The van der Waals surface area contributed by atoms with Crippen LogP contribution in [0.25, 0.3) is 11.5 Å². The first-order valence-corrected chi connectivity index (χ1v) is 7.09. The Hall–Kier alpha value is -2.90. The first-order chi connectivity index (χ1) is 11.4. The number of benzene rings is 1. The second kappa shape index (κ2) is 6.31. The van der Waals surface area contributed by atoms with E-state index in [-0.39, 0.29) is 17.0 Å². The third-order valence-electron chi connectivity index (χ3n) is 3.39. The van der Waals surface area contributed by atoms with Crippen molar-refractivity contribution in [3.63, 3.8) is 0 Å². The Kier molecular flexibility index (Phi) is 4.20. The Labute approximate surface area is 134 Å². The monoisotopic (exact) mass is 335 g/mol. The van der Waals surface area contributed by atoms with Crippen molar-refractivity contribution in [2.24, 2.45) is 0 Å². The first-order valence-electron chi connectivity index (χ1n) is 7.09. The molecule has 0 saturated carbocycles. The zero-order valence-corrected chi connectivity index (χ0v) is 12.3. The van der Waals surface area contributed by atoms with Crippen molar-refractivity contribution in [1.29, 1.82) is 0 Å². The van der Waals surface area contributed by atoms with Crippen LogP contribution in [0.3, 0.4) is 0 Å². The standard InChI is InChI=1S/C16H12F3N3O2/c17-16(18,19)15-21-20-14(24-15)12-7-9-22(13(23)10-12)8-6-11-4-2-1-3-5-11/h1-5,7,9-10H,6,8H2. The molecular formula is C16H12F3N3O2. The summed E-state index contributed by atoms with van der Waals surface area (Å²) in [5.41, 5.74) is 0.884. The fourth-order valence-corrected chi connectivity index (χ4v) is 2.17. The highest BCUT2D eigenvalue weighted by molar-refractivity contribution is 5.51. The van der Waals surface area contributed by atoms with Gasteiger partial charge in [0.15, 0.2) is 0 Å². The van der Waals surface area contributed by atoms with Gasteiger partial charge in [0.25, 0.3) is 5.56 Å². The highest BCUT2D eigenvalue weighted by atomic mass is 19.4. The Balaban J connectivity index is 1.77. The molecule has 0 aliphatic heterocycles. The minimum Gasteiger partial charge on any atom is -0.413 e. The number of pyridine rings is 1. The second-order valence-corrected chi connectivity index (χ2v) is 5.09. The van der Waals surface area contributed by atoms with Gasteiger partial charge in [-0.2, -0.15) is 13.2 Å². The summed E-state index contributed by atoms with van der Waals surface area (Å²) in [5.74, 6) is -1.78. The van der Waals surface area contributed by atoms with Gasteiger partial charge in [-0.1, -0.05) is 30.3 Å². The number of aromatic nitrogens is 3. The maximum Gasteiger partial charge on any atom is 0.470 e. The molecule has 0 N–H and O–H groups in total. The molecule has 0 radical (unpaired) electrons. The fourth-order valence-electron chi connectivity index (χ4n) is 2.17. The maximum absolute atomic E-state index is 12.5. The van der Waals surface area contributed by atoms with Gasteiger partial charge in [0.1, 0.15) is 0 Å². The molecule has 0 amide bonds. The van der Waals surface area contributed by atoms with Gasteiger partial charge in [0, 0.05) is 24.4 Å². The van der Waals surface area contributed by atoms with E-state index in [0.29, 0.717) is 13.0 Å². The van der Waals surface area contributed by atoms with Crippen LogP contribution in [0.1, 0.15) is 11.5 Å². The predicted octanol–water partition coefficient (Wildman–Crippen LogP) is 3.16. The summed E-state index contributed by atoms with van der Waals surface area (Å²) >= 11 is 0. The van der Waals surface area contributed by atoms with Crippen molar-refractivity contribution in [2.75, 3.05) is 0 Å². The van der Waals surface area contributed by atoms with Crippen LogP contribution in [0.4, 0.5) is 13.2 Å². The van der Waals surface area contributed by atoms with Gasteiger partial charge in [0.05, 0.1) is 0 Å². The summed E-state index contributed by atoms with van der Waals surface area (Å²) in [4.78, 5) is 12.1. The predicted molar refractivity (Wildman–Crippen MR) is 79.1 cm³/mol. The molecule has 0 atom stereocenters. The molecule has 0 fully saturated rings. The molecular weight excluding hydrogens is 323 g/mol. The van der Waals surface area contributed by atoms with E-state index in [1.165, 1.54) is 22.9 Å². The zero-order chi connectivity index (χ0) is 17.2. The molecule has 0 aliphatic carbocycles. The molecule has 5 nitrogen and oxygen atoms in total. The third-order valence-corrected chi connectivity index (χ3v) is 3.39. The lowest BCUT2D eigenvalue weighted by Crippen LogP contribution is -2.19. The summed E-state index contributed by atoms with van der Waals surface area (Å²) in [6.45, 7) is 0.459. The summed E-state index contributed by atoms with van der Waals surface area (Å²) in [6.07, 6.45) is -2.55. The van der Waals surface area contributed by atoms with Crippen molar-refractivity contribution in [3.05, 3.63) is 70.5 Å². The number of rotatable bonds is 4. The Morgan fingerprint density at radius 1 is 1.08 bits per heavy atom. The number of hydrogen-bond acceptors (Lipinski definition) is 4. The number of hydrogen-bond donors (Lipinski definition) is 0. The van der Waals surface area contributed by atoms with Gasteiger partial charge in [-0.15, -0.1) is 10.2 Å². The summed E-state index contributed by atoms with van der Waals surface area (Å²) in [6, 6.07) is 12.3. The van der Waals surface area contributed by atoms with E-state index < -0.39 is 12.1 Å². The van der Waals surface area contributed by atoms with Crippen LogP contribution in [0.15, 0.2) is 57.9 Å². The van der Waals surface area contributed by atoms with Crippen molar-refractivity contribution in [1.82, 2.24) is 14.8 Å². The van der Waals surface area contributed by atoms with Gasteiger partial charge >= 0.3 is 12.1 Å². The average molecular weight is 335 g/mol. The molecule has 8 heteroatoms. The smallest absolute Gasteiger partial charge is 0.413 e. The van der Waals surface area contributed by atoms with E-state index in [1.807, 2.05) is 30.3 Å². The molecule has 0 bridgehead atoms. The summed E-state index contributed by atoms with van der Waals surface area (Å²) in [7, 11) is 0. The highest BCUT2D eigenvalue weighted by Crippen LogP contribution is 2.29. The average Bonchev–Trinajstić information content (AvgIpc) is 3.05. The van der Waals surface area contributed by atoms with Crippen LogP contribution in [0, 0.1) is 0 Å². The minimum atomic E-state index is -4.71. The lowest BCUT2D eigenvalue weighted by molar-refractivity contribution is -0.156. The number of halogens is 3. The van der Waals surface area contributed by atoms with Gasteiger partial charge < -0.3 is 8.98 Å². The fraction of sp³-hybridized carbons (Fsp3) is 0.188. The molecule has 0 aliphatic rings. The SMILES string of the molecule is O=c1cc(-c2nnc(C(F)(F)F)o2)ccn1CCc1ccccc1. The summed E-state index contributed by atoms with van der Waals surface area (Å²) in [5, 5.41) is 6.27. The van der Waals surface area contributed by atoms with E-state index in [4.69, 9.17) is 0 Å². The maximum atomic E-state index is 12.5. The van der Waals surface area contributed by atoms with E-state index in [0.717, 1.165) is 5.56 Å². The molecule has 0 saturated heterocycles. The molecule has 2 aromatic heterocycles. The number of alkyl halides is 3. The number of nitrogens with zero attached hydrogens (tertiary/aromatic N) is 3. The molecule has 3 aromatic rings. The number of aryl methyl sites for hydroxylation is 2. The van der Waals surface area contributed by atoms with E-state index in [1.54, 1.807) is 0 Å². The van der Waals surface area contributed by atoms with Crippen LogP contribution in [0.5, 0.6) is 0 Å². The van der Waals surface area contributed by atoms with Crippen molar-refractivity contribution in [2.45, 2.75) is 19.1 Å². The van der Waals surface area contributed by atoms with Crippen LogP contribution in [-0.2, 0) is 19.1 Å². The molecule has 3 rings (SSSR count). The second-order valence-electron chi connectivity index (χ2n) is 5.09. The topological polar surface area (TPSA) is 60.9 Å². The van der Waals surface area contributed by atoms with E-state index >= 15 is 0 Å². The normalized spacial score (nSPS) is 11.6. The summed E-state index contributed by atoms with van der Waals surface area (Å²) < 4.78 is 43.4. The zero-order valence-electron chi connectivity index (χ0n) is 12.3. The van der Waals surface area contributed by atoms with Gasteiger partial charge in [0.2, 0.25) is 5.89 Å². The van der Waals surface area contributed by atoms with Crippen LogP contribution >= 0.6 is 0 Å². The highest BCUT2D eigenvalue weighted by Gasteiger charge is 2.38. The quantitative estimate of drug-likeness (QED) is 0.735. The lowest BCUT2D eigenvalue weighted by atomic mass is 10.1. The Bertz CT molecular complexity index is 885. The Morgan fingerprint density at radius 3 is 2.46 bits per heavy atom. The van der Waals surface area contributed by atoms with Gasteiger partial charge in [-0.3, -0.25) is 4.79 Å². The van der Waals surface area contributed by atoms with Gasteiger partial charge in [-0.25, -0.2) is 0 Å². The largest absolute Gasteiger partial charge is 0.470 e. The van der Waals surface area contributed by atoms with Crippen molar-refractivity contribution >= 4 is 0 Å². The lowest BCUT2D eigenvalue weighted by Gasteiger charge is -2.06. The molecule has 0 unspecified atom stereocenters. The van der Waals surface area contributed by atoms with Crippen LogP contribution in [-0.4, -0.2) is 14.8 Å². The van der Waals surface area contributed by atoms with Gasteiger partial charge in [-0.05, 0) is 18.1 Å². The van der Waals surface area contributed by atoms with Crippen molar-refractivity contribution in [3.8, 4) is 11.5 Å². The van der Waals surface area contributed by atoms with Crippen molar-refractivity contribution < 1.29 is 17.6 Å². The molecule has 24 heavy (non-hydrogen) atoms. The molecule has 2 heterocycles.